The van der Waals surface area contributed by atoms with Crippen molar-refractivity contribution >= 4 is 51.5 Å². The third kappa shape index (κ3) is 2.12. The number of rotatable bonds is 1. The average Bonchev–Trinajstić information content (AvgIpc) is 2.79. The summed E-state index contributed by atoms with van der Waals surface area (Å²) in [6.07, 6.45) is 0. The maximum Gasteiger partial charge on any atom is 0.266 e. The monoisotopic (exact) mass is 341 g/mol. The van der Waals surface area contributed by atoms with Gasteiger partial charge in [-0.25, -0.2) is 4.90 Å². The zero-order valence-electron chi connectivity index (χ0n) is 11.7. The molecule has 0 radical (unpaired) electrons. The Bertz CT molecular complexity index is 956. The quantitative estimate of drug-likeness (QED) is 0.587. The highest BCUT2D eigenvalue weighted by atomic mass is 35.5. The molecule has 0 atom stereocenters. The van der Waals surface area contributed by atoms with Gasteiger partial charge >= 0.3 is 0 Å². The van der Waals surface area contributed by atoms with Crippen LogP contribution in [0.1, 0.15) is 20.7 Å². The minimum atomic E-state index is -0.390. The van der Waals surface area contributed by atoms with Crippen molar-refractivity contribution < 1.29 is 9.59 Å². The number of hydrogen-bond acceptors (Lipinski definition) is 2. The van der Waals surface area contributed by atoms with E-state index in [2.05, 4.69) is 0 Å². The highest BCUT2D eigenvalue weighted by Gasteiger charge is 2.37. The van der Waals surface area contributed by atoms with Crippen molar-refractivity contribution in [2.75, 3.05) is 4.90 Å². The van der Waals surface area contributed by atoms with E-state index >= 15 is 0 Å². The molecule has 5 heteroatoms. The summed E-state index contributed by atoms with van der Waals surface area (Å²) in [6.45, 7) is 0. The Hall–Kier alpha value is -2.36. The highest BCUT2D eigenvalue weighted by Crippen LogP contribution is 2.34. The van der Waals surface area contributed by atoms with Gasteiger partial charge in [0.1, 0.15) is 0 Å². The maximum atomic E-state index is 12.6. The van der Waals surface area contributed by atoms with E-state index in [0.717, 1.165) is 15.7 Å². The summed E-state index contributed by atoms with van der Waals surface area (Å²) in [5.74, 6) is -0.780. The van der Waals surface area contributed by atoms with Gasteiger partial charge in [0.25, 0.3) is 11.8 Å². The lowest BCUT2D eigenvalue weighted by Crippen LogP contribution is -2.29. The first-order valence-corrected chi connectivity index (χ1v) is 7.68. The van der Waals surface area contributed by atoms with Crippen molar-refractivity contribution in [2.24, 2.45) is 0 Å². The number of halogens is 2. The summed E-state index contributed by atoms with van der Waals surface area (Å²) < 4.78 is 0. The number of imide groups is 1. The second-order valence-corrected chi connectivity index (χ2v) is 6.10. The Balaban J connectivity index is 1.86. The van der Waals surface area contributed by atoms with Crippen LogP contribution in [0.25, 0.3) is 10.8 Å². The molecule has 0 aromatic heterocycles. The summed E-state index contributed by atoms with van der Waals surface area (Å²) in [5, 5.41) is 2.51. The average molecular weight is 342 g/mol. The predicted molar refractivity (Wildman–Crippen MR) is 91.5 cm³/mol. The maximum absolute atomic E-state index is 12.6. The normalized spacial score (nSPS) is 13.7. The number of anilines is 1. The zero-order valence-corrected chi connectivity index (χ0v) is 13.2. The zero-order chi connectivity index (χ0) is 16.1. The molecule has 0 spiro atoms. The summed E-state index contributed by atoms with van der Waals surface area (Å²) in [5.41, 5.74) is 1.08. The SMILES string of the molecule is O=C1c2cc(Cl)c(Cl)cc2C(=O)N1c1ccc2ccccc2c1. The van der Waals surface area contributed by atoms with E-state index in [9.17, 15) is 9.59 Å². The van der Waals surface area contributed by atoms with Gasteiger partial charge in [0.15, 0.2) is 0 Å². The second-order valence-electron chi connectivity index (χ2n) is 5.29. The van der Waals surface area contributed by atoms with E-state index in [1.165, 1.54) is 12.1 Å². The molecular formula is C18H9Cl2NO2. The summed E-state index contributed by atoms with van der Waals surface area (Å²) in [6, 6.07) is 16.1. The van der Waals surface area contributed by atoms with E-state index in [0.29, 0.717) is 5.69 Å². The molecule has 112 valence electrons. The van der Waals surface area contributed by atoms with Gasteiger partial charge in [0.05, 0.1) is 26.9 Å². The van der Waals surface area contributed by atoms with Crippen LogP contribution in [0, 0.1) is 0 Å². The number of hydrogen-bond donors (Lipinski definition) is 0. The van der Waals surface area contributed by atoms with Gasteiger partial charge in [0, 0.05) is 0 Å². The van der Waals surface area contributed by atoms with Crippen molar-refractivity contribution in [3.05, 3.63) is 75.8 Å². The molecule has 3 nitrogen and oxygen atoms in total. The van der Waals surface area contributed by atoms with Gasteiger partial charge in [-0.15, -0.1) is 0 Å². The Morgan fingerprint density at radius 3 is 1.87 bits per heavy atom. The molecule has 0 saturated carbocycles. The van der Waals surface area contributed by atoms with E-state index in [4.69, 9.17) is 23.2 Å². The predicted octanol–water partition coefficient (Wildman–Crippen LogP) is 4.95. The van der Waals surface area contributed by atoms with Gasteiger partial charge in [-0.3, -0.25) is 9.59 Å². The van der Waals surface area contributed by atoms with Gasteiger partial charge in [-0.05, 0) is 35.0 Å². The van der Waals surface area contributed by atoms with E-state index in [-0.39, 0.29) is 33.0 Å². The van der Waals surface area contributed by atoms with Crippen LogP contribution in [0.3, 0.4) is 0 Å². The van der Waals surface area contributed by atoms with Crippen LogP contribution in [0.15, 0.2) is 54.6 Å². The van der Waals surface area contributed by atoms with Crippen LogP contribution in [0.2, 0.25) is 10.0 Å². The molecule has 1 aliphatic heterocycles. The van der Waals surface area contributed by atoms with Gasteiger partial charge in [-0.1, -0.05) is 53.5 Å². The summed E-state index contributed by atoms with van der Waals surface area (Å²) in [4.78, 5) is 26.4. The highest BCUT2D eigenvalue weighted by molar-refractivity contribution is 6.44. The molecule has 1 heterocycles. The minimum Gasteiger partial charge on any atom is -0.268 e. The number of fused-ring (bicyclic) bond motifs is 2. The molecule has 0 bridgehead atoms. The van der Waals surface area contributed by atoms with Crippen LogP contribution in [0.4, 0.5) is 5.69 Å². The standard InChI is InChI=1S/C18H9Cl2NO2/c19-15-8-13-14(9-16(15)20)18(23)21(17(13)22)12-6-5-10-3-1-2-4-11(10)7-12/h1-9H. The first-order chi connectivity index (χ1) is 11.1. The third-order valence-electron chi connectivity index (χ3n) is 3.92. The molecule has 0 saturated heterocycles. The largest absolute Gasteiger partial charge is 0.268 e. The van der Waals surface area contributed by atoms with Gasteiger partial charge < -0.3 is 0 Å². The number of carbonyl (C=O) groups excluding carboxylic acids is 2. The molecule has 0 fully saturated rings. The molecule has 3 aromatic rings. The fourth-order valence-corrected chi connectivity index (χ4v) is 3.11. The van der Waals surface area contributed by atoms with Crippen molar-refractivity contribution in [1.82, 2.24) is 0 Å². The first-order valence-electron chi connectivity index (χ1n) is 6.93. The Morgan fingerprint density at radius 2 is 1.26 bits per heavy atom. The third-order valence-corrected chi connectivity index (χ3v) is 4.64. The van der Waals surface area contributed by atoms with Gasteiger partial charge in [0.2, 0.25) is 0 Å². The first kappa shape index (κ1) is 14.2. The number of benzene rings is 3. The van der Waals surface area contributed by atoms with E-state index in [1.807, 2.05) is 36.4 Å². The van der Waals surface area contributed by atoms with E-state index in [1.54, 1.807) is 6.07 Å². The van der Waals surface area contributed by atoms with Crippen LogP contribution in [0.5, 0.6) is 0 Å². The molecule has 0 N–H and O–H groups in total. The fourth-order valence-electron chi connectivity index (χ4n) is 2.78. The molecular weight excluding hydrogens is 333 g/mol. The van der Waals surface area contributed by atoms with Crippen molar-refractivity contribution in [1.29, 1.82) is 0 Å². The van der Waals surface area contributed by atoms with Crippen LogP contribution < -0.4 is 4.90 Å². The Kier molecular flexibility index (Phi) is 3.15. The molecule has 3 aromatic carbocycles. The molecule has 2 amide bonds. The van der Waals surface area contributed by atoms with Crippen molar-refractivity contribution in [3.8, 4) is 0 Å². The number of carbonyl (C=O) groups is 2. The topological polar surface area (TPSA) is 37.4 Å². The van der Waals surface area contributed by atoms with Crippen LogP contribution >= 0.6 is 23.2 Å². The number of nitrogens with zero attached hydrogens (tertiary/aromatic N) is 1. The lowest BCUT2D eigenvalue weighted by Gasteiger charge is -2.14. The number of amides is 2. The summed E-state index contributed by atoms with van der Waals surface area (Å²) in [7, 11) is 0. The smallest absolute Gasteiger partial charge is 0.266 e. The lowest BCUT2D eigenvalue weighted by molar-refractivity contribution is 0.0926. The van der Waals surface area contributed by atoms with E-state index < -0.39 is 0 Å². The fraction of sp³-hybridized carbons (Fsp3) is 0. The van der Waals surface area contributed by atoms with Crippen LogP contribution in [-0.4, -0.2) is 11.8 Å². The van der Waals surface area contributed by atoms with Crippen molar-refractivity contribution in [3.63, 3.8) is 0 Å². The Morgan fingerprint density at radius 1 is 0.696 bits per heavy atom. The lowest BCUT2D eigenvalue weighted by atomic mass is 10.1. The molecule has 1 aliphatic rings. The molecule has 0 unspecified atom stereocenters. The van der Waals surface area contributed by atoms with Gasteiger partial charge in [-0.2, -0.15) is 0 Å². The molecule has 23 heavy (non-hydrogen) atoms. The van der Waals surface area contributed by atoms with Crippen LogP contribution in [-0.2, 0) is 0 Å². The van der Waals surface area contributed by atoms with Crippen molar-refractivity contribution in [2.45, 2.75) is 0 Å². The Labute approximate surface area is 142 Å². The second kappa shape index (κ2) is 5.08. The molecule has 0 aliphatic carbocycles. The minimum absolute atomic E-state index is 0.256. The molecule has 4 rings (SSSR count). The summed E-state index contributed by atoms with van der Waals surface area (Å²) >= 11 is 11.9.